The predicted molar refractivity (Wildman–Crippen MR) is 86.8 cm³/mol. The summed E-state index contributed by atoms with van der Waals surface area (Å²) in [5.41, 5.74) is 8.11. The van der Waals surface area contributed by atoms with Crippen LogP contribution in [0.1, 0.15) is 17.5 Å². The number of nitrogens with two attached hydrogens (primary N) is 1. The molecule has 0 aromatic heterocycles. The molecule has 0 amide bonds. The smallest absolute Gasteiger partial charge is 0.232 e. The summed E-state index contributed by atoms with van der Waals surface area (Å²) in [6, 6.07) is 17.4. The van der Waals surface area contributed by atoms with E-state index in [1.807, 2.05) is 48.5 Å². The Hall–Kier alpha value is -1.85. The van der Waals surface area contributed by atoms with Gasteiger partial charge in [-0.3, -0.25) is 4.72 Å². The van der Waals surface area contributed by atoms with Gasteiger partial charge in [-0.25, -0.2) is 8.42 Å². The van der Waals surface area contributed by atoms with Gasteiger partial charge in [-0.05, 0) is 36.6 Å². The standard InChI is InChI=1S/C16H20N2O2S/c17-11-6-12-21(19,20)18-16-10-5-4-9-15(16)13-14-7-2-1-3-8-14/h1-5,7-10,18H,6,11-13,17H2. The zero-order valence-electron chi connectivity index (χ0n) is 11.8. The third-order valence-corrected chi connectivity index (χ3v) is 4.49. The van der Waals surface area contributed by atoms with Gasteiger partial charge in [-0.15, -0.1) is 0 Å². The molecule has 4 nitrogen and oxygen atoms in total. The summed E-state index contributed by atoms with van der Waals surface area (Å²) in [5, 5.41) is 0. The SMILES string of the molecule is NCCCS(=O)(=O)Nc1ccccc1Cc1ccccc1. The summed E-state index contributed by atoms with van der Waals surface area (Å²) in [5.74, 6) is 0.0448. The minimum absolute atomic E-state index is 0.0448. The molecule has 21 heavy (non-hydrogen) atoms. The Balaban J connectivity index is 2.17. The van der Waals surface area contributed by atoms with E-state index in [9.17, 15) is 8.42 Å². The van der Waals surface area contributed by atoms with Crippen molar-refractivity contribution in [1.82, 2.24) is 0 Å². The van der Waals surface area contributed by atoms with E-state index < -0.39 is 10.0 Å². The highest BCUT2D eigenvalue weighted by Gasteiger charge is 2.12. The van der Waals surface area contributed by atoms with Gasteiger partial charge in [0.2, 0.25) is 10.0 Å². The van der Waals surface area contributed by atoms with Gasteiger partial charge in [-0.2, -0.15) is 0 Å². The van der Waals surface area contributed by atoms with Crippen molar-refractivity contribution < 1.29 is 8.42 Å². The first kappa shape index (κ1) is 15.5. The molecule has 0 aliphatic rings. The van der Waals surface area contributed by atoms with E-state index in [4.69, 9.17) is 5.73 Å². The molecule has 2 aromatic carbocycles. The third kappa shape index (κ3) is 4.88. The van der Waals surface area contributed by atoms with Crippen LogP contribution in [0.15, 0.2) is 54.6 Å². The molecule has 0 radical (unpaired) electrons. The zero-order chi connectivity index (χ0) is 15.1. The number of anilines is 1. The summed E-state index contributed by atoms with van der Waals surface area (Å²) >= 11 is 0. The molecule has 0 aliphatic heterocycles. The largest absolute Gasteiger partial charge is 0.330 e. The molecule has 2 rings (SSSR count). The van der Waals surface area contributed by atoms with Crippen molar-refractivity contribution in [2.75, 3.05) is 17.0 Å². The molecule has 112 valence electrons. The van der Waals surface area contributed by atoms with E-state index >= 15 is 0 Å². The molecule has 0 unspecified atom stereocenters. The maximum Gasteiger partial charge on any atom is 0.232 e. The van der Waals surface area contributed by atoms with Gasteiger partial charge in [0.1, 0.15) is 0 Å². The molecule has 0 atom stereocenters. The van der Waals surface area contributed by atoms with Crippen molar-refractivity contribution in [2.45, 2.75) is 12.8 Å². The molecular formula is C16H20N2O2S. The van der Waals surface area contributed by atoms with Gasteiger partial charge in [0, 0.05) is 0 Å². The minimum atomic E-state index is -3.34. The van der Waals surface area contributed by atoms with Crippen LogP contribution in [0.25, 0.3) is 0 Å². The first-order valence-corrected chi connectivity index (χ1v) is 8.58. The lowest BCUT2D eigenvalue weighted by Crippen LogP contribution is -2.19. The predicted octanol–water partition coefficient (Wildman–Crippen LogP) is 2.37. The summed E-state index contributed by atoms with van der Waals surface area (Å²) in [7, 11) is -3.34. The molecule has 0 saturated heterocycles. The molecule has 5 heteroatoms. The second-order valence-electron chi connectivity index (χ2n) is 4.88. The Morgan fingerprint density at radius 3 is 2.33 bits per heavy atom. The highest BCUT2D eigenvalue weighted by molar-refractivity contribution is 7.92. The van der Waals surface area contributed by atoms with E-state index in [1.165, 1.54) is 0 Å². The van der Waals surface area contributed by atoms with Crippen molar-refractivity contribution in [2.24, 2.45) is 5.73 Å². The Morgan fingerprint density at radius 2 is 1.62 bits per heavy atom. The van der Waals surface area contributed by atoms with Crippen LogP contribution in [0.4, 0.5) is 5.69 Å². The minimum Gasteiger partial charge on any atom is -0.330 e. The number of para-hydroxylation sites is 1. The molecule has 2 aromatic rings. The molecule has 0 heterocycles. The van der Waals surface area contributed by atoms with Gasteiger partial charge in [0.15, 0.2) is 0 Å². The van der Waals surface area contributed by atoms with Crippen LogP contribution < -0.4 is 10.5 Å². The van der Waals surface area contributed by atoms with Crippen molar-refractivity contribution >= 4 is 15.7 Å². The quantitative estimate of drug-likeness (QED) is 0.825. The maximum atomic E-state index is 12.0. The summed E-state index contributed by atoms with van der Waals surface area (Å²) in [6.45, 7) is 0.368. The van der Waals surface area contributed by atoms with E-state index in [1.54, 1.807) is 6.07 Å². The summed E-state index contributed by atoms with van der Waals surface area (Å²) < 4.78 is 26.7. The molecule has 0 fully saturated rings. The lowest BCUT2D eigenvalue weighted by Gasteiger charge is -2.12. The topological polar surface area (TPSA) is 72.2 Å². The average molecular weight is 304 g/mol. The lowest BCUT2D eigenvalue weighted by molar-refractivity contribution is 0.598. The monoisotopic (exact) mass is 304 g/mol. The van der Waals surface area contributed by atoms with Crippen LogP contribution >= 0.6 is 0 Å². The van der Waals surface area contributed by atoms with Gasteiger partial charge in [-0.1, -0.05) is 48.5 Å². The second kappa shape index (κ2) is 7.24. The van der Waals surface area contributed by atoms with E-state index in [2.05, 4.69) is 4.72 Å². The Labute approximate surface area is 126 Å². The molecule has 0 saturated carbocycles. The molecule has 3 N–H and O–H groups in total. The first-order valence-electron chi connectivity index (χ1n) is 6.93. The molecule has 0 bridgehead atoms. The average Bonchev–Trinajstić information content (AvgIpc) is 2.48. The Morgan fingerprint density at radius 1 is 0.952 bits per heavy atom. The summed E-state index contributed by atoms with van der Waals surface area (Å²) in [4.78, 5) is 0. The Bertz CT molecular complexity index is 670. The van der Waals surface area contributed by atoms with Crippen LogP contribution in [-0.2, 0) is 16.4 Å². The molecular weight excluding hydrogens is 284 g/mol. The van der Waals surface area contributed by atoms with Crippen LogP contribution in [0, 0.1) is 0 Å². The normalized spacial score (nSPS) is 11.3. The lowest BCUT2D eigenvalue weighted by atomic mass is 10.0. The fourth-order valence-corrected chi connectivity index (χ4v) is 3.26. The number of rotatable bonds is 7. The third-order valence-electron chi connectivity index (χ3n) is 3.14. The van der Waals surface area contributed by atoms with Crippen LogP contribution in [-0.4, -0.2) is 20.7 Å². The van der Waals surface area contributed by atoms with E-state index in [0.717, 1.165) is 11.1 Å². The van der Waals surface area contributed by atoms with E-state index in [-0.39, 0.29) is 5.75 Å². The molecule has 0 aliphatic carbocycles. The number of hydrogen-bond donors (Lipinski definition) is 2. The molecule has 0 spiro atoms. The second-order valence-corrected chi connectivity index (χ2v) is 6.72. The zero-order valence-corrected chi connectivity index (χ0v) is 12.6. The maximum absolute atomic E-state index is 12.0. The van der Waals surface area contributed by atoms with Crippen molar-refractivity contribution in [3.05, 3.63) is 65.7 Å². The van der Waals surface area contributed by atoms with Crippen LogP contribution in [0.3, 0.4) is 0 Å². The first-order chi connectivity index (χ1) is 10.1. The highest BCUT2D eigenvalue weighted by Crippen LogP contribution is 2.20. The number of sulfonamides is 1. The van der Waals surface area contributed by atoms with Crippen molar-refractivity contribution in [3.63, 3.8) is 0 Å². The summed E-state index contributed by atoms with van der Waals surface area (Å²) in [6.07, 6.45) is 1.15. The van der Waals surface area contributed by atoms with Crippen molar-refractivity contribution in [3.8, 4) is 0 Å². The van der Waals surface area contributed by atoms with Gasteiger partial charge in [0.05, 0.1) is 11.4 Å². The van der Waals surface area contributed by atoms with E-state index in [0.29, 0.717) is 25.1 Å². The number of hydrogen-bond acceptors (Lipinski definition) is 3. The van der Waals surface area contributed by atoms with Gasteiger partial charge >= 0.3 is 0 Å². The van der Waals surface area contributed by atoms with Gasteiger partial charge < -0.3 is 5.73 Å². The number of benzene rings is 2. The van der Waals surface area contributed by atoms with Crippen molar-refractivity contribution in [1.29, 1.82) is 0 Å². The fraction of sp³-hybridized carbons (Fsp3) is 0.250. The number of nitrogens with one attached hydrogen (secondary N) is 1. The fourth-order valence-electron chi connectivity index (χ4n) is 2.08. The van der Waals surface area contributed by atoms with Crippen LogP contribution in [0.2, 0.25) is 0 Å². The van der Waals surface area contributed by atoms with Crippen LogP contribution in [0.5, 0.6) is 0 Å². The van der Waals surface area contributed by atoms with Gasteiger partial charge in [0.25, 0.3) is 0 Å². The Kier molecular flexibility index (Phi) is 5.36. The highest BCUT2D eigenvalue weighted by atomic mass is 32.2.